The molecule has 4 rings (SSSR count). The van der Waals surface area contributed by atoms with Gasteiger partial charge in [-0.25, -0.2) is 0 Å². The fourth-order valence-corrected chi connectivity index (χ4v) is 3.94. The first-order valence-corrected chi connectivity index (χ1v) is 9.51. The van der Waals surface area contributed by atoms with Crippen LogP contribution in [0.1, 0.15) is 23.2 Å². The number of aromatic hydroxyl groups is 1. The van der Waals surface area contributed by atoms with E-state index in [1.807, 2.05) is 29.2 Å². The van der Waals surface area contributed by atoms with Gasteiger partial charge in [0.15, 0.2) is 0 Å². The summed E-state index contributed by atoms with van der Waals surface area (Å²) in [6.07, 6.45) is 1.33. The molecule has 1 N–H and O–H groups in total. The highest BCUT2D eigenvalue weighted by molar-refractivity contribution is 6.01. The average Bonchev–Trinajstić information content (AvgIpc) is 2.73. The van der Waals surface area contributed by atoms with Crippen LogP contribution in [0.2, 0.25) is 0 Å². The van der Waals surface area contributed by atoms with Crippen LogP contribution >= 0.6 is 0 Å². The second kappa shape index (κ2) is 7.56. The summed E-state index contributed by atoms with van der Waals surface area (Å²) >= 11 is 0. The second-order valence-corrected chi connectivity index (χ2v) is 7.22. The lowest BCUT2D eigenvalue weighted by atomic mass is 9.94. The number of phenols is 1. The number of nitrogens with zero attached hydrogens (tertiary/aromatic N) is 2. The smallest absolute Gasteiger partial charge is 0.257 e. The van der Waals surface area contributed by atoms with Gasteiger partial charge in [-0.15, -0.1) is 0 Å². The number of piperidine rings is 1. The van der Waals surface area contributed by atoms with E-state index in [1.54, 1.807) is 17.0 Å². The molecular weight excluding hydrogens is 344 g/mol. The number of benzene rings is 2. The van der Waals surface area contributed by atoms with E-state index >= 15 is 0 Å². The fraction of sp³-hybridized carbons (Fsp3) is 0.429. The number of carbonyl (C=O) groups excluding carboxylic acids is 2. The third kappa shape index (κ3) is 3.62. The van der Waals surface area contributed by atoms with Gasteiger partial charge in [0.1, 0.15) is 5.75 Å². The minimum atomic E-state index is -0.171. The quantitative estimate of drug-likeness (QED) is 0.883. The third-order valence-electron chi connectivity index (χ3n) is 5.55. The van der Waals surface area contributed by atoms with E-state index in [4.69, 9.17) is 4.74 Å². The van der Waals surface area contributed by atoms with Crippen LogP contribution in [0.4, 0.5) is 0 Å². The van der Waals surface area contributed by atoms with Crippen LogP contribution in [0.3, 0.4) is 0 Å². The van der Waals surface area contributed by atoms with Crippen LogP contribution in [0, 0.1) is 5.92 Å². The Morgan fingerprint density at radius 2 is 1.56 bits per heavy atom. The van der Waals surface area contributed by atoms with Crippen molar-refractivity contribution in [1.82, 2.24) is 9.80 Å². The van der Waals surface area contributed by atoms with Crippen molar-refractivity contribution in [1.29, 1.82) is 0 Å². The number of morpholine rings is 1. The number of likely N-dealkylation sites (tertiary alicyclic amines) is 1. The number of ether oxygens (including phenoxy) is 1. The van der Waals surface area contributed by atoms with Gasteiger partial charge in [-0.3, -0.25) is 9.59 Å². The van der Waals surface area contributed by atoms with Crippen molar-refractivity contribution in [2.24, 2.45) is 5.92 Å². The zero-order valence-corrected chi connectivity index (χ0v) is 15.3. The van der Waals surface area contributed by atoms with Crippen molar-refractivity contribution in [2.75, 3.05) is 39.4 Å². The maximum atomic E-state index is 12.9. The van der Waals surface area contributed by atoms with Gasteiger partial charge < -0.3 is 19.6 Å². The molecule has 0 spiro atoms. The zero-order chi connectivity index (χ0) is 18.8. The Labute approximate surface area is 158 Å². The Bertz CT molecular complexity index is 852. The average molecular weight is 368 g/mol. The summed E-state index contributed by atoms with van der Waals surface area (Å²) < 4.78 is 5.31. The van der Waals surface area contributed by atoms with Crippen molar-refractivity contribution in [2.45, 2.75) is 12.8 Å². The molecule has 2 heterocycles. The highest BCUT2D eigenvalue weighted by Gasteiger charge is 2.31. The molecule has 0 radical (unpaired) electrons. The Balaban J connectivity index is 1.43. The lowest BCUT2D eigenvalue weighted by Crippen LogP contribution is -2.47. The standard InChI is InChI=1S/C21H24N2O4/c24-19-14-17-4-2-1-3-16(17)13-18(19)21(26)22-7-5-15(6-8-22)20(25)23-9-11-27-12-10-23/h1-4,13-15,24H,5-12H2. The molecule has 0 aliphatic carbocycles. The molecule has 0 aromatic heterocycles. The predicted octanol–water partition coefficient (Wildman–Crippen LogP) is 2.26. The predicted molar refractivity (Wildman–Crippen MR) is 102 cm³/mol. The number of rotatable bonds is 2. The molecule has 2 fully saturated rings. The number of carbonyl (C=O) groups is 2. The molecule has 6 heteroatoms. The Morgan fingerprint density at radius 3 is 2.22 bits per heavy atom. The maximum Gasteiger partial charge on any atom is 0.257 e. The SMILES string of the molecule is O=C(c1cc2ccccc2cc1O)N1CCC(C(=O)N2CCOCC2)CC1. The molecule has 2 aromatic carbocycles. The van der Waals surface area contributed by atoms with Gasteiger partial charge in [0.25, 0.3) is 5.91 Å². The van der Waals surface area contributed by atoms with E-state index < -0.39 is 0 Å². The molecule has 6 nitrogen and oxygen atoms in total. The maximum absolute atomic E-state index is 12.9. The Kier molecular flexibility index (Phi) is 4.99. The summed E-state index contributed by atoms with van der Waals surface area (Å²) in [5.41, 5.74) is 0.326. The van der Waals surface area contributed by atoms with Crippen LogP contribution in [0.5, 0.6) is 5.75 Å². The molecule has 2 saturated heterocycles. The monoisotopic (exact) mass is 368 g/mol. The van der Waals surface area contributed by atoms with Crippen LogP contribution in [0.25, 0.3) is 10.8 Å². The topological polar surface area (TPSA) is 70.1 Å². The summed E-state index contributed by atoms with van der Waals surface area (Å²) in [6.45, 7) is 3.58. The highest BCUT2D eigenvalue weighted by atomic mass is 16.5. The molecule has 0 unspecified atom stereocenters. The van der Waals surface area contributed by atoms with Crippen LogP contribution < -0.4 is 0 Å². The van der Waals surface area contributed by atoms with Crippen molar-refractivity contribution in [3.8, 4) is 5.75 Å². The molecule has 0 bridgehead atoms. The number of hydrogen-bond donors (Lipinski definition) is 1. The first kappa shape index (κ1) is 17.8. The number of fused-ring (bicyclic) bond motifs is 1. The first-order chi connectivity index (χ1) is 13.1. The van der Waals surface area contributed by atoms with Gasteiger partial charge >= 0.3 is 0 Å². The number of phenolic OH excluding ortho intramolecular Hbond substituents is 1. The molecular formula is C21H24N2O4. The Morgan fingerprint density at radius 1 is 0.926 bits per heavy atom. The van der Waals surface area contributed by atoms with E-state index in [-0.39, 0.29) is 23.5 Å². The van der Waals surface area contributed by atoms with Crippen LogP contribution in [-0.2, 0) is 9.53 Å². The fourth-order valence-electron chi connectivity index (χ4n) is 3.94. The summed E-state index contributed by atoms with van der Waals surface area (Å²) in [4.78, 5) is 29.1. The van der Waals surface area contributed by atoms with E-state index in [2.05, 4.69) is 0 Å². The van der Waals surface area contributed by atoms with E-state index in [9.17, 15) is 14.7 Å². The zero-order valence-electron chi connectivity index (χ0n) is 15.3. The second-order valence-electron chi connectivity index (χ2n) is 7.22. The lowest BCUT2D eigenvalue weighted by molar-refractivity contribution is -0.141. The first-order valence-electron chi connectivity index (χ1n) is 9.51. The van der Waals surface area contributed by atoms with E-state index in [0.717, 1.165) is 10.8 Å². The van der Waals surface area contributed by atoms with E-state index in [1.165, 1.54) is 0 Å². The minimum Gasteiger partial charge on any atom is -0.507 e. The molecule has 27 heavy (non-hydrogen) atoms. The van der Waals surface area contributed by atoms with Gasteiger partial charge in [0, 0.05) is 32.1 Å². The molecule has 0 atom stereocenters. The van der Waals surface area contributed by atoms with Gasteiger partial charge in [0.2, 0.25) is 5.91 Å². The highest BCUT2D eigenvalue weighted by Crippen LogP contribution is 2.28. The Hall–Kier alpha value is -2.60. The minimum absolute atomic E-state index is 0.00483. The molecule has 2 amide bonds. The molecule has 2 aliphatic heterocycles. The lowest BCUT2D eigenvalue weighted by Gasteiger charge is -2.35. The van der Waals surface area contributed by atoms with Crippen LogP contribution in [0.15, 0.2) is 36.4 Å². The summed E-state index contributed by atoms with van der Waals surface area (Å²) in [5, 5.41) is 12.1. The normalized spacial score (nSPS) is 18.7. The number of amides is 2. The summed E-state index contributed by atoms with van der Waals surface area (Å²) in [6, 6.07) is 11.0. The van der Waals surface area contributed by atoms with Gasteiger partial charge in [0.05, 0.1) is 18.8 Å². The van der Waals surface area contributed by atoms with Crippen LogP contribution in [-0.4, -0.2) is 66.1 Å². The summed E-state index contributed by atoms with van der Waals surface area (Å²) in [5.74, 6) is -0.0166. The van der Waals surface area contributed by atoms with Crippen molar-refractivity contribution >= 4 is 22.6 Å². The van der Waals surface area contributed by atoms with Gasteiger partial charge in [-0.2, -0.15) is 0 Å². The molecule has 142 valence electrons. The summed E-state index contributed by atoms with van der Waals surface area (Å²) in [7, 11) is 0. The third-order valence-corrected chi connectivity index (χ3v) is 5.55. The van der Waals surface area contributed by atoms with Crippen molar-refractivity contribution in [3.05, 3.63) is 42.0 Å². The van der Waals surface area contributed by atoms with E-state index in [0.29, 0.717) is 57.8 Å². The van der Waals surface area contributed by atoms with Crippen molar-refractivity contribution < 1.29 is 19.4 Å². The molecule has 0 saturated carbocycles. The van der Waals surface area contributed by atoms with Gasteiger partial charge in [-0.05, 0) is 35.7 Å². The van der Waals surface area contributed by atoms with Crippen molar-refractivity contribution in [3.63, 3.8) is 0 Å². The number of hydrogen-bond acceptors (Lipinski definition) is 4. The largest absolute Gasteiger partial charge is 0.507 e. The molecule has 2 aliphatic rings. The van der Waals surface area contributed by atoms with Gasteiger partial charge in [-0.1, -0.05) is 24.3 Å². The molecule has 2 aromatic rings.